The second-order valence-corrected chi connectivity index (χ2v) is 19.1. The van der Waals surface area contributed by atoms with Crippen LogP contribution in [0.5, 0.6) is 0 Å². The summed E-state index contributed by atoms with van der Waals surface area (Å²) in [5.41, 5.74) is 26.9. The van der Waals surface area contributed by atoms with Crippen LogP contribution < -0.4 is 0 Å². The van der Waals surface area contributed by atoms with Gasteiger partial charge in [0.2, 0.25) is 0 Å². The lowest BCUT2D eigenvalue weighted by atomic mass is 9.79. The zero-order valence-corrected chi connectivity index (χ0v) is 38.3. The van der Waals surface area contributed by atoms with E-state index in [2.05, 4.69) is 205 Å². The fourth-order valence-corrected chi connectivity index (χ4v) is 12.2. The maximum absolute atomic E-state index is 5.34. The van der Waals surface area contributed by atoms with E-state index in [1.165, 1.54) is 65.9 Å². The van der Waals surface area contributed by atoms with Crippen LogP contribution in [-0.2, 0) is 0 Å². The lowest BCUT2D eigenvalue weighted by Crippen LogP contribution is -2.00. The molecule has 0 spiro atoms. The molecule has 2 aliphatic carbocycles. The van der Waals surface area contributed by atoms with Crippen LogP contribution in [0.2, 0.25) is 0 Å². The van der Waals surface area contributed by atoms with E-state index in [0.717, 1.165) is 77.5 Å². The summed E-state index contributed by atoms with van der Waals surface area (Å²) in [4.78, 5) is 21.5. The van der Waals surface area contributed by atoms with Crippen LogP contribution in [0, 0.1) is 0 Å². The number of thiazole rings is 1. The molecule has 6 heteroatoms. The molecule has 0 N–H and O–H groups in total. The van der Waals surface area contributed by atoms with Crippen molar-refractivity contribution in [2.24, 2.45) is 0 Å². The monoisotopic (exact) mass is 907 g/mol. The van der Waals surface area contributed by atoms with Crippen LogP contribution in [0.1, 0.15) is 0 Å². The number of pyridine rings is 1. The first-order chi connectivity index (χ1) is 34.7. The van der Waals surface area contributed by atoms with Gasteiger partial charge in [-0.2, -0.15) is 0 Å². The van der Waals surface area contributed by atoms with Gasteiger partial charge in [-0.25, -0.2) is 15.0 Å². The second-order valence-electron chi connectivity index (χ2n) is 18.1. The summed E-state index contributed by atoms with van der Waals surface area (Å²) >= 11 is 1.74. The third-order valence-corrected chi connectivity index (χ3v) is 15.4. The molecular formula is C64H37N5S. The minimum absolute atomic E-state index is 0.673. The van der Waals surface area contributed by atoms with E-state index in [0.29, 0.717) is 5.82 Å². The Hall–Kier alpha value is -9.10. The molecule has 0 radical (unpaired) electrons. The van der Waals surface area contributed by atoms with E-state index in [1.807, 2.05) is 24.5 Å². The number of rotatable bonds is 3. The van der Waals surface area contributed by atoms with E-state index in [1.54, 1.807) is 11.3 Å². The quantitative estimate of drug-likeness (QED) is 0.177. The Balaban J connectivity index is 0.874. The van der Waals surface area contributed by atoms with Crippen molar-refractivity contribution >= 4 is 37.5 Å². The maximum atomic E-state index is 5.34. The predicted octanol–water partition coefficient (Wildman–Crippen LogP) is 16.9. The number of aromatic nitrogens is 5. The number of para-hydroxylation sites is 2. The van der Waals surface area contributed by atoms with E-state index < -0.39 is 0 Å². The van der Waals surface area contributed by atoms with Crippen molar-refractivity contribution in [3.63, 3.8) is 0 Å². The third-order valence-electron chi connectivity index (χ3n) is 14.3. The van der Waals surface area contributed by atoms with Gasteiger partial charge in [-0.05, 0) is 126 Å². The highest BCUT2D eigenvalue weighted by molar-refractivity contribution is 7.23. The Kier molecular flexibility index (Phi) is 8.46. The van der Waals surface area contributed by atoms with Crippen molar-refractivity contribution in [1.82, 2.24) is 24.3 Å². The molecule has 9 aromatic carbocycles. The highest BCUT2D eigenvalue weighted by atomic mass is 32.1. The van der Waals surface area contributed by atoms with Crippen LogP contribution in [0.4, 0.5) is 0 Å². The maximum Gasteiger partial charge on any atom is 0.195 e. The molecule has 0 amide bonds. The van der Waals surface area contributed by atoms with Crippen molar-refractivity contribution in [1.29, 1.82) is 0 Å². The summed E-state index contributed by atoms with van der Waals surface area (Å²) < 4.78 is 3.54. The number of imidazole rings is 1. The zero-order valence-electron chi connectivity index (χ0n) is 37.5. The fourth-order valence-electron chi connectivity index (χ4n) is 11.2. The van der Waals surface area contributed by atoms with Crippen LogP contribution in [0.3, 0.4) is 0 Å². The summed E-state index contributed by atoms with van der Waals surface area (Å²) in [5.74, 6) is 0.673. The van der Waals surface area contributed by atoms with E-state index in [9.17, 15) is 0 Å². The van der Waals surface area contributed by atoms with Gasteiger partial charge in [-0.15, -0.1) is 0 Å². The van der Waals surface area contributed by atoms with E-state index in [4.69, 9.17) is 19.9 Å². The second kappa shape index (κ2) is 15.2. The van der Waals surface area contributed by atoms with Gasteiger partial charge < -0.3 is 0 Å². The molecule has 0 fully saturated rings. The highest BCUT2D eigenvalue weighted by Crippen LogP contribution is 2.51. The van der Waals surface area contributed by atoms with Crippen LogP contribution in [0.25, 0.3) is 149 Å². The predicted molar refractivity (Wildman–Crippen MR) is 288 cm³/mol. The first-order valence-corrected chi connectivity index (χ1v) is 24.4. The van der Waals surface area contributed by atoms with Crippen LogP contribution in [-0.4, -0.2) is 24.3 Å². The highest BCUT2D eigenvalue weighted by Gasteiger charge is 2.26. The summed E-state index contributed by atoms with van der Waals surface area (Å²) in [6.07, 6.45) is 3.78. The van der Waals surface area contributed by atoms with E-state index in [-0.39, 0.29) is 0 Å². The van der Waals surface area contributed by atoms with Crippen molar-refractivity contribution < 1.29 is 0 Å². The number of hydrogen-bond donors (Lipinski definition) is 0. The van der Waals surface area contributed by atoms with Crippen molar-refractivity contribution in [2.45, 2.75) is 0 Å². The molecule has 324 valence electrons. The van der Waals surface area contributed by atoms with Gasteiger partial charge >= 0.3 is 0 Å². The summed E-state index contributed by atoms with van der Waals surface area (Å²) in [6.45, 7) is 0. The van der Waals surface area contributed by atoms with Crippen molar-refractivity contribution in [3.05, 3.63) is 225 Å². The number of benzene rings is 9. The molecule has 2 aliphatic rings. The molecule has 4 heterocycles. The normalized spacial score (nSPS) is 12.0. The smallest absolute Gasteiger partial charge is 0.195 e. The molecule has 4 aromatic heterocycles. The van der Waals surface area contributed by atoms with Crippen molar-refractivity contribution in [3.8, 4) is 123 Å². The molecule has 13 aromatic rings. The van der Waals surface area contributed by atoms with Gasteiger partial charge in [0.1, 0.15) is 0 Å². The summed E-state index contributed by atoms with van der Waals surface area (Å²) in [6, 6.07) is 76.8. The first-order valence-electron chi connectivity index (χ1n) is 23.6. The molecule has 5 nitrogen and oxygen atoms in total. The fraction of sp³-hybridized carbons (Fsp3) is 0. The molecule has 0 aliphatic heterocycles. The number of nitrogens with zero attached hydrogens (tertiary/aromatic N) is 5. The molecular weight excluding hydrogens is 871 g/mol. The van der Waals surface area contributed by atoms with E-state index >= 15 is 0 Å². The van der Waals surface area contributed by atoms with Gasteiger partial charge in [0.05, 0.1) is 32.6 Å². The SMILES string of the molecule is c1ccc2c(c1)-c1ccccc1-c1cc(-c3cccc4c3nc3sc5ccccc5n34)ccc1-c1ccc(-c3ccnc(-c4ccc5c(c4)-c4ccccc4-c4ccccc4-c4ncccc4-5)n3)cc1-2. The lowest BCUT2D eigenvalue weighted by molar-refractivity contribution is 1.18. The molecule has 0 unspecified atom stereocenters. The largest absolute Gasteiger partial charge is 0.283 e. The Bertz CT molecular complexity index is 4320. The summed E-state index contributed by atoms with van der Waals surface area (Å²) in [7, 11) is 0. The molecule has 15 rings (SSSR count). The zero-order chi connectivity index (χ0) is 45.9. The van der Waals surface area contributed by atoms with Gasteiger partial charge in [-0.3, -0.25) is 9.38 Å². The Labute approximate surface area is 407 Å². The Morgan fingerprint density at radius 1 is 0.314 bits per heavy atom. The van der Waals surface area contributed by atoms with Gasteiger partial charge in [-0.1, -0.05) is 175 Å². The molecule has 70 heavy (non-hydrogen) atoms. The minimum Gasteiger partial charge on any atom is -0.283 e. The molecule has 0 bridgehead atoms. The lowest BCUT2D eigenvalue weighted by Gasteiger charge is -2.24. The summed E-state index contributed by atoms with van der Waals surface area (Å²) in [5, 5.41) is 0. The van der Waals surface area contributed by atoms with Crippen LogP contribution >= 0.6 is 11.3 Å². The number of hydrogen-bond acceptors (Lipinski definition) is 5. The van der Waals surface area contributed by atoms with Crippen LogP contribution in [0.15, 0.2) is 225 Å². The van der Waals surface area contributed by atoms with Gasteiger partial charge in [0.25, 0.3) is 0 Å². The first kappa shape index (κ1) is 38.9. The number of fused-ring (bicyclic) bond motifs is 21. The average Bonchev–Trinajstić information content (AvgIpc) is 3.99. The standard InChI is InChI=1S/C64H37N5S/c1-4-17-46-42(13-1)43-14-2-5-18-47(43)55-36-39(27-30-50(55)49-29-26-38(35-54(46)49)41-21-11-24-59-62(41)68-64-69(59)58-23-9-10-25-60(58)70-64)57-32-34-66-63(67-57)40-28-31-51-53-22-12-33-65-61(53)52-20-8-7-16-45(52)44-15-3-6-19-48(44)56(51)37-40/h1-37H. The molecule has 0 saturated carbocycles. The van der Waals surface area contributed by atoms with Gasteiger partial charge in [0, 0.05) is 40.2 Å². The molecule has 0 saturated heterocycles. The Morgan fingerprint density at radius 3 is 1.49 bits per heavy atom. The van der Waals surface area contributed by atoms with Crippen molar-refractivity contribution in [2.75, 3.05) is 0 Å². The minimum atomic E-state index is 0.673. The van der Waals surface area contributed by atoms with Gasteiger partial charge in [0.15, 0.2) is 10.8 Å². The Morgan fingerprint density at radius 2 is 0.800 bits per heavy atom. The topological polar surface area (TPSA) is 56.0 Å². The molecule has 0 atom stereocenters. The third kappa shape index (κ3) is 5.84. The average molecular weight is 908 g/mol.